The van der Waals surface area contributed by atoms with Crippen LogP contribution < -0.4 is 5.32 Å². The summed E-state index contributed by atoms with van der Waals surface area (Å²) in [6, 6.07) is 18.1. The lowest BCUT2D eigenvalue weighted by Gasteiger charge is -2.18. The summed E-state index contributed by atoms with van der Waals surface area (Å²) in [5.41, 5.74) is 3.34. The molecule has 17 heavy (non-hydrogen) atoms. The van der Waals surface area contributed by atoms with Gasteiger partial charge in [0, 0.05) is 5.69 Å². The minimum Gasteiger partial charge on any atom is -0.394 e. The van der Waals surface area contributed by atoms with E-state index >= 15 is 0 Å². The molecule has 0 saturated heterocycles. The molecule has 0 spiro atoms. The van der Waals surface area contributed by atoms with Crippen LogP contribution in [0.4, 0.5) is 5.69 Å². The lowest BCUT2D eigenvalue weighted by molar-refractivity contribution is 0.276. The fourth-order valence-corrected chi connectivity index (χ4v) is 1.86. The number of aliphatic hydroxyl groups is 1. The number of aryl methyl sites for hydroxylation is 1. The van der Waals surface area contributed by atoms with Crippen LogP contribution in [0, 0.1) is 6.92 Å². The summed E-state index contributed by atoms with van der Waals surface area (Å²) in [4.78, 5) is 0. The van der Waals surface area contributed by atoms with Crippen LogP contribution in [0.2, 0.25) is 0 Å². The van der Waals surface area contributed by atoms with E-state index in [0.717, 1.165) is 11.3 Å². The summed E-state index contributed by atoms with van der Waals surface area (Å²) < 4.78 is 0. The molecule has 2 aromatic carbocycles. The molecule has 2 N–H and O–H groups in total. The van der Waals surface area contributed by atoms with Gasteiger partial charge in [0.2, 0.25) is 0 Å². The first-order valence-electron chi connectivity index (χ1n) is 5.78. The maximum Gasteiger partial charge on any atom is 0.0745 e. The zero-order valence-corrected chi connectivity index (χ0v) is 9.93. The molecule has 0 saturated carbocycles. The third-order valence-electron chi connectivity index (χ3n) is 2.74. The minimum atomic E-state index is -0.0574. The van der Waals surface area contributed by atoms with E-state index in [-0.39, 0.29) is 12.6 Å². The summed E-state index contributed by atoms with van der Waals surface area (Å²) >= 11 is 0. The second kappa shape index (κ2) is 5.51. The van der Waals surface area contributed by atoms with Crippen LogP contribution in [0.25, 0.3) is 0 Å². The van der Waals surface area contributed by atoms with Gasteiger partial charge in [0.05, 0.1) is 12.6 Å². The van der Waals surface area contributed by atoms with Gasteiger partial charge in [-0.25, -0.2) is 0 Å². The maximum absolute atomic E-state index is 9.45. The maximum atomic E-state index is 9.45. The van der Waals surface area contributed by atoms with Gasteiger partial charge in [0.15, 0.2) is 0 Å². The first-order chi connectivity index (χ1) is 8.29. The number of nitrogens with one attached hydrogen (secondary N) is 1. The molecule has 2 aromatic rings. The Hall–Kier alpha value is -1.80. The molecule has 0 aromatic heterocycles. The average Bonchev–Trinajstić information content (AvgIpc) is 2.37. The smallest absolute Gasteiger partial charge is 0.0745 e. The van der Waals surface area contributed by atoms with Crippen molar-refractivity contribution in [3.8, 4) is 0 Å². The minimum absolute atomic E-state index is 0.0574. The number of anilines is 1. The lowest BCUT2D eigenvalue weighted by Crippen LogP contribution is -2.14. The topological polar surface area (TPSA) is 32.3 Å². The molecule has 0 bridgehead atoms. The number of aliphatic hydroxyl groups excluding tert-OH is 1. The summed E-state index contributed by atoms with van der Waals surface area (Å²) in [6.45, 7) is 2.14. The van der Waals surface area contributed by atoms with Crippen LogP contribution in [0.3, 0.4) is 0 Å². The Morgan fingerprint density at radius 3 is 2.47 bits per heavy atom. The Kier molecular flexibility index (Phi) is 3.78. The van der Waals surface area contributed by atoms with E-state index in [1.54, 1.807) is 0 Å². The van der Waals surface area contributed by atoms with E-state index in [9.17, 15) is 5.11 Å². The Bertz CT molecular complexity index is 467. The fourth-order valence-electron chi connectivity index (χ4n) is 1.86. The summed E-state index contributed by atoms with van der Waals surface area (Å²) in [6.07, 6.45) is 0. The van der Waals surface area contributed by atoms with E-state index in [0.29, 0.717) is 0 Å². The molecule has 0 aliphatic carbocycles. The van der Waals surface area contributed by atoms with Gasteiger partial charge in [-0.15, -0.1) is 0 Å². The van der Waals surface area contributed by atoms with Crippen molar-refractivity contribution in [2.24, 2.45) is 0 Å². The predicted molar refractivity (Wildman–Crippen MR) is 71.1 cm³/mol. The molecule has 88 valence electrons. The molecule has 1 unspecified atom stereocenters. The second-order valence-electron chi connectivity index (χ2n) is 4.16. The van der Waals surface area contributed by atoms with Crippen molar-refractivity contribution < 1.29 is 5.11 Å². The van der Waals surface area contributed by atoms with Crippen molar-refractivity contribution in [2.75, 3.05) is 11.9 Å². The van der Waals surface area contributed by atoms with Crippen molar-refractivity contribution >= 4 is 5.69 Å². The standard InChI is InChI=1S/C15H17NO/c1-12-6-5-9-14(10-12)16-15(11-17)13-7-3-2-4-8-13/h2-10,15-17H,11H2,1H3. The van der Waals surface area contributed by atoms with Crippen LogP contribution in [-0.4, -0.2) is 11.7 Å². The Morgan fingerprint density at radius 2 is 1.82 bits per heavy atom. The van der Waals surface area contributed by atoms with Crippen molar-refractivity contribution in [2.45, 2.75) is 13.0 Å². The zero-order valence-electron chi connectivity index (χ0n) is 9.93. The fraction of sp³-hybridized carbons (Fsp3) is 0.200. The molecule has 2 heteroatoms. The Balaban J connectivity index is 2.16. The van der Waals surface area contributed by atoms with Gasteiger partial charge in [0.1, 0.15) is 0 Å². The van der Waals surface area contributed by atoms with Gasteiger partial charge in [-0.2, -0.15) is 0 Å². The van der Waals surface area contributed by atoms with Gasteiger partial charge in [0.25, 0.3) is 0 Å². The number of rotatable bonds is 4. The monoisotopic (exact) mass is 227 g/mol. The van der Waals surface area contributed by atoms with Crippen molar-refractivity contribution in [3.63, 3.8) is 0 Å². The van der Waals surface area contributed by atoms with E-state index in [2.05, 4.69) is 24.4 Å². The van der Waals surface area contributed by atoms with Crippen LogP contribution >= 0.6 is 0 Å². The molecule has 1 atom stereocenters. The SMILES string of the molecule is Cc1cccc(NC(CO)c2ccccc2)c1. The zero-order chi connectivity index (χ0) is 12.1. The molecule has 0 heterocycles. The molecular formula is C15H17NO. The summed E-state index contributed by atoms with van der Waals surface area (Å²) in [7, 11) is 0. The highest BCUT2D eigenvalue weighted by Crippen LogP contribution is 2.19. The van der Waals surface area contributed by atoms with Gasteiger partial charge < -0.3 is 10.4 Å². The van der Waals surface area contributed by atoms with Crippen LogP contribution in [0.15, 0.2) is 54.6 Å². The Morgan fingerprint density at radius 1 is 1.06 bits per heavy atom. The molecule has 2 rings (SSSR count). The first kappa shape index (κ1) is 11.7. The van der Waals surface area contributed by atoms with Crippen molar-refractivity contribution in [1.29, 1.82) is 0 Å². The molecule has 0 amide bonds. The number of hydrogen-bond acceptors (Lipinski definition) is 2. The first-order valence-corrected chi connectivity index (χ1v) is 5.78. The van der Waals surface area contributed by atoms with Gasteiger partial charge in [-0.05, 0) is 30.2 Å². The molecule has 0 aliphatic rings. The molecule has 0 aliphatic heterocycles. The third kappa shape index (κ3) is 3.08. The van der Waals surface area contributed by atoms with Crippen molar-refractivity contribution in [1.82, 2.24) is 0 Å². The number of hydrogen-bond donors (Lipinski definition) is 2. The lowest BCUT2D eigenvalue weighted by atomic mass is 10.1. The van der Waals surface area contributed by atoms with Crippen LogP contribution in [0.1, 0.15) is 17.2 Å². The van der Waals surface area contributed by atoms with E-state index < -0.39 is 0 Å². The number of benzene rings is 2. The molecule has 0 radical (unpaired) electrons. The summed E-state index contributed by atoms with van der Waals surface area (Å²) in [5.74, 6) is 0. The molecule has 2 nitrogen and oxygen atoms in total. The van der Waals surface area contributed by atoms with Gasteiger partial charge in [-0.3, -0.25) is 0 Å². The highest BCUT2D eigenvalue weighted by Gasteiger charge is 2.09. The quantitative estimate of drug-likeness (QED) is 0.841. The van der Waals surface area contributed by atoms with Crippen LogP contribution in [-0.2, 0) is 0 Å². The van der Waals surface area contributed by atoms with Gasteiger partial charge >= 0.3 is 0 Å². The largest absolute Gasteiger partial charge is 0.394 e. The van der Waals surface area contributed by atoms with Gasteiger partial charge in [-0.1, -0.05) is 42.5 Å². The predicted octanol–water partition coefficient (Wildman–Crippen LogP) is 3.14. The second-order valence-corrected chi connectivity index (χ2v) is 4.16. The van der Waals surface area contributed by atoms with E-state index in [4.69, 9.17) is 0 Å². The van der Waals surface area contributed by atoms with E-state index in [1.165, 1.54) is 5.56 Å². The molecule has 0 fully saturated rings. The highest BCUT2D eigenvalue weighted by molar-refractivity contribution is 5.47. The highest BCUT2D eigenvalue weighted by atomic mass is 16.3. The van der Waals surface area contributed by atoms with Crippen molar-refractivity contribution in [3.05, 3.63) is 65.7 Å². The van der Waals surface area contributed by atoms with Crippen LogP contribution in [0.5, 0.6) is 0 Å². The average molecular weight is 227 g/mol. The molecular weight excluding hydrogens is 210 g/mol. The Labute approximate surface area is 102 Å². The third-order valence-corrected chi connectivity index (χ3v) is 2.74. The van der Waals surface area contributed by atoms with E-state index in [1.807, 2.05) is 42.5 Å². The normalized spacial score (nSPS) is 12.1. The summed E-state index contributed by atoms with van der Waals surface area (Å²) in [5, 5.41) is 12.8.